The fourth-order valence-corrected chi connectivity index (χ4v) is 2.64. The lowest BCUT2D eigenvalue weighted by Crippen LogP contribution is -2.06. The third-order valence-corrected chi connectivity index (χ3v) is 3.63. The van der Waals surface area contributed by atoms with Gasteiger partial charge in [-0.1, -0.05) is 11.6 Å². The standard InChI is InChI=1S/C12H8ClFO3S/c13-6-1-2-9(14)8(5-6)10(15)11-7(12(16)17)3-4-18-11/h1-5,10,15H,(H,16,17). The molecule has 2 rings (SSSR count). The zero-order chi connectivity index (χ0) is 13.3. The van der Waals surface area contributed by atoms with Crippen LogP contribution in [0.5, 0.6) is 0 Å². The van der Waals surface area contributed by atoms with E-state index >= 15 is 0 Å². The number of carboxylic acids is 1. The quantitative estimate of drug-likeness (QED) is 0.910. The summed E-state index contributed by atoms with van der Waals surface area (Å²) in [6, 6.07) is 5.15. The highest BCUT2D eigenvalue weighted by atomic mass is 35.5. The van der Waals surface area contributed by atoms with E-state index in [1.165, 1.54) is 23.6 Å². The van der Waals surface area contributed by atoms with Crippen molar-refractivity contribution < 1.29 is 19.4 Å². The van der Waals surface area contributed by atoms with E-state index in [1.54, 1.807) is 0 Å². The van der Waals surface area contributed by atoms with Gasteiger partial charge >= 0.3 is 5.97 Å². The summed E-state index contributed by atoms with van der Waals surface area (Å²) in [5.74, 6) is -1.79. The van der Waals surface area contributed by atoms with E-state index in [9.17, 15) is 14.3 Å². The van der Waals surface area contributed by atoms with Crippen molar-refractivity contribution >= 4 is 28.9 Å². The number of thiophene rings is 1. The summed E-state index contributed by atoms with van der Waals surface area (Å²) in [4.78, 5) is 11.1. The molecule has 6 heteroatoms. The fourth-order valence-electron chi connectivity index (χ4n) is 1.57. The third kappa shape index (κ3) is 2.38. The van der Waals surface area contributed by atoms with Crippen molar-refractivity contribution in [2.45, 2.75) is 6.10 Å². The van der Waals surface area contributed by atoms with Gasteiger partial charge in [0.15, 0.2) is 0 Å². The van der Waals surface area contributed by atoms with Crippen LogP contribution in [0.3, 0.4) is 0 Å². The van der Waals surface area contributed by atoms with E-state index in [0.717, 1.165) is 17.4 Å². The van der Waals surface area contributed by atoms with Crippen LogP contribution in [0.15, 0.2) is 29.6 Å². The molecular weight excluding hydrogens is 279 g/mol. The number of carbonyl (C=O) groups is 1. The molecule has 0 fully saturated rings. The minimum atomic E-state index is -1.34. The third-order valence-electron chi connectivity index (χ3n) is 2.43. The van der Waals surface area contributed by atoms with Crippen molar-refractivity contribution in [2.75, 3.05) is 0 Å². The topological polar surface area (TPSA) is 57.5 Å². The van der Waals surface area contributed by atoms with E-state index in [4.69, 9.17) is 16.7 Å². The van der Waals surface area contributed by atoms with Gasteiger partial charge in [0.05, 0.1) is 10.4 Å². The van der Waals surface area contributed by atoms with Gasteiger partial charge < -0.3 is 10.2 Å². The first kappa shape index (κ1) is 13.0. The molecule has 0 aliphatic heterocycles. The average molecular weight is 287 g/mol. The summed E-state index contributed by atoms with van der Waals surface area (Å²) in [5, 5.41) is 20.8. The molecule has 0 saturated carbocycles. The molecule has 0 radical (unpaired) electrons. The molecule has 0 aliphatic rings. The number of aliphatic hydroxyl groups excluding tert-OH is 1. The molecule has 0 amide bonds. The normalized spacial score (nSPS) is 12.4. The smallest absolute Gasteiger partial charge is 0.336 e. The Morgan fingerprint density at radius 3 is 2.78 bits per heavy atom. The van der Waals surface area contributed by atoms with Gasteiger partial charge in [0.1, 0.15) is 11.9 Å². The van der Waals surface area contributed by atoms with Crippen LogP contribution in [0.4, 0.5) is 4.39 Å². The molecule has 1 unspecified atom stereocenters. The maximum absolute atomic E-state index is 13.6. The molecule has 1 heterocycles. The summed E-state index contributed by atoms with van der Waals surface area (Å²) in [6.07, 6.45) is -1.34. The minimum Gasteiger partial charge on any atom is -0.478 e. The van der Waals surface area contributed by atoms with Crippen molar-refractivity contribution in [3.63, 3.8) is 0 Å². The van der Waals surface area contributed by atoms with Crippen LogP contribution in [0.25, 0.3) is 0 Å². The number of halogens is 2. The van der Waals surface area contributed by atoms with Crippen LogP contribution < -0.4 is 0 Å². The molecule has 94 valence electrons. The predicted octanol–water partition coefficient (Wildman–Crippen LogP) is 3.32. The van der Waals surface area contributed by atoms with E-state index in [2.05, 4.69) is 0 Å². The summed E-state index contributed by atoms with van der Waals surface area (Å²) >= 11 is 6.79. The van der Waals surface area contributed by atoms with Crippen molar-refractivity contribution in [1.82, 2.24) is 0 Å². The Morgan fingerprint density at radius 1 is 1.39 bits per heavy atom. The van der Waals surface area contributed by atoms with Crippen LogP contribution in [-0.4, -0.2) is 16.2 Å². The van der Waals surface area contributed by atoms with Crippen LogP contribution >= 0.6 is 22.9 Å². The molecule has 3 nitrogen and oxygen atoms in total. The Labute approximate surface area is 111 Å². The van der Waals surface area contributed by atoms with Crippen LogP contribution in [0, 0.1) is 5.82 Å². The molecule has 0 bridgehead atoms. The maximum atomic E-state index is 13.6. The lowest BCUT2D eigenvalue weighted by Gasteiger charge is -2.11. The summed E-state index contributed by atoms with van der Waals surface area (Å²) in [7, 11) is 0. The first-order chi connectivity index (χ1) is 8.50. The first-order valence-corrected chi connectivity index (χ1v) is 6.20. The molecular formula is C12H8ClFO3S. The molecule has 1 aromatic heterocycles. The number of hydrogen-bond acceptors (Lipinski definition) is 3. The van der Waals surface area contributed by atoms with Crippen molar-refractivity contribution in [2.24, 2.45) is 0 Å². The van der Waals surface area contributed by atoms with Gasteiger partial charge in [0.2, 0.25) is 0 Å². The molecule has 2 N–H and O–H groups in total. The highest BCUT2D eigenvalue weighted by Crippen LogP contribution is 2.32. The number of carboxylic acid groups (broad SMARTS) is 1. The van der Waals surface area contributed by atoms with Gasteiger partial charge in [0, 0.05) is 10.6 Å². The van der Waals surface area contributed by atoms with Crippen molar-refractivity contribution in [3.05, 3.63) is 56.5 Å². The van der Waals surface area contributed by atoms with Crippen LogP contribution in [0.2, 0.25) is 5.02 Å². The number of aromatic carboxylic acids is 1. The van der Waals surface area contributed by atoms with Gasteiger partial charge in [-0.15, -0.1) is 11.3 Å². The van der Waals surface area contributed by atoms with Crippen LogP contribution in [-0.2, 0) is 0 Å². The summed E-state index contributed by atoms with van der Waals surface area (Å²) in [5.41, 5.74) is -0.0701. The molecule has 0 aliphatic carbocycles. The Hall–Kier alpha value is -1.43. The van der Waals surface area contributed by atoms with Crippen molar-refractivity contribution in [3.8, 4) is 0 Å². The number of benzene rings is 1. The monoisotopic (exact) mass is 286 g/mol. The van der Waals surface area contributed by atoms with E-state index in [1.807, 2.05) is 0 Å². The molecule has 2 aromatic rings. The van der Waals surface area contributed by atoms with E-state index in [0.29, 0.717) is 0 Å². The molecule has 18 heavy (non-hydrogen) atoms. The lowest BCUT2D eigenvalue weighted by molar-refractivity contribution is 0.0692. The molecule has 0 saturated heterocycles. The highest BCUT2D eigenvalue weighted by Gasteiger charge is 2.22. The summed E-state index contributed by atoms with van der Waals surface area (Å²) < 4.78 is 13.6. The van der Waals surface area contributed by atoms with Crippen LogP contribution in [0.1, 0.15) is 26.9 Å². The molecule has 1 atom stereocenters. The summed E-state index contributed by atoms with van der Waals surface area (Å²) in [6.45, 7) is 0. The fraction of sp³-hybridized carbons (Fsp3) is 0.0833. The predicted molar refractivity (Wildman–Crippen MR) is 66.8 cm³/mol. The second kappa shape index (κ2) is 5.06. The number of hydrogen-bond donors (Lipinski definition) is 2. The minimum absolute atomic E-state index is 0.0348. The lowest BCUT2D eigenvalue weighted by atomic mass is 10.0. The van der Waals surface area contributed by atoms with Gasteiger partial charge in [-0.2, -0.15) is 0 Å². The number of aliphatic hydroxyl groups is 1. The first-order valence-electron chi connectivity index (χ1n) is 4.94. The maximum Gasteiger partial charge on any atom is 0.336 e. The van der Waals surface area contributed by atoms with E-state index in [-0.39, 0.29) is 21.0 Å². The average Bonchev–Trinajstić information content (AvgIpc) is 2.80. The highest BCUT2D eigenvalue weighted by molar-refractivity contribution is 7.10. The zero-order valence-electron chi connectivity index (χ0n) is 8.93. The molecule has 1 aromatic carbocycles. The Balaban J connectivity index is 2.47. The Bertz CT molecular complexity index is 597. The van der Waals surface area contributed by atoms with Gasteiger partial charge in [-0.3, -0.25) is 0 Å². The number of rotatable bonds is 3. The van der Waals surface area contributed by atoms with Gasteiger partial charge in [-0.05, 0) is 29.6 Å². The second-order valence-corrected chi connectivity index (χ2v) is 4.96. The SMILES string of the molecule is O=C(O)c1ccsc1C(O)c1cc(Cl)ccc1F. The van der Waals surface area contributed by atoms with Gasteiger partial charge in [0.25, 0.3) is 0 Å². The van der Waals surface area contributed by atoms with Gasteiger partial charge in [-0.25, -0.2) is 9.18 Å². The zero-order valence-corrected chi connectivity index (χ0v) is 10.5. The Morgan fingerprint density at radius 2 is 2.11 bits per heavy atom. The Kier molecular flexibility index (Phi) is 3.65. The van der Waals surface area contributed by atoms with Crippen molar-refractivity contribution in [1.29, 1.82) is 0 Å². The largest absolute Gasteiger partial charge is 0.478 e. The van der Waals surface area contributed by atoms with E-state index < -0.39 is 17.9 Å². The second-order valence-electron chi connectivity index (χ2n) is 3.57. The molecule has 0 spiro atoms.